The minimum atomic E-state index is -0.0383. The van der Waals surface area contributed by atoms with Crippen LogP contribution in [0.5, 0.6) is 0 Å². The first-order chi connectivity index (χ1) is 7.66. The first kappa shape index (κ1) is 10.8. The molecule has 0 amide bonds. The fourth-order valence-corrected chi connectivity index (χ4v) is 1.80. The van der Waals surface area contributed by atoms with E-state index in [-0.39, 0.29) is 6.04 Å². The third kappa shape index (κ3) is 2.28. The van der Waals surface area contributed by atoms with Gasteiger partial charge in [0.1, 0.15) is 0 Å². The molecule has 0 aliphatic heterocycles. The number of aryl methyl sites for hydroxylation is 2. The predicted octanol–water partition coefficient (Wildman–Crippen LogP) is 1.37. The normalized spacial score (nSPS) is 12.7. The van der Waals surface area contributed by atoms with Crippen molar-refractivity contribution in [2.24, 2.45) is 12.8 Å². The standard InChI is InChI=1S/C12H16N4/c1-9-11(4-3-6-14-9)12(13)8-10-5-7-16(2)15-10/h3-7,12H,8,13H2,1-2H3. The van der Waals surface area contributed by atoms with Gasteiger partial charge >= 0.3 is 0 Å². The maximum absolute atomic E-state index is 6.15. The van der Waals surface area contributed by atoms with Crippen LogP contribution >= 0.6 is 0 Å². The van der Waals surface area contributed by atoms with Crippen LogP contribution in [-0.4, -0.2) is 14.8 Å². The third-order valence-electron chi connectivity index (χ3n) is 2.65. The van der Waals surface area contributed by atoms with Gasteiger partial charge in [0, 0.05) is 37.6 Å². The van der Waals surface area contributed by atoms with E-state index in [1.165, 1.54) is 0 Å². The van der Waals surface area contributed by atoms with Crippen molar-refractivity contribution < 1.29 is 0 Å². The third-order valence-corrected chi connectivity index (χ3v) is 2.65. The van der Waals surface area contributed by atoms with E-state index in [0.717, 1.165) is 23.4 Å². The molecule has 0 aliphatic carbocycles. The van der Waals surface area contributed by atoms with E-state index >= 15 is 0 Å². The van der Waals surface area contributed by atoms with Crippen molar-refractivity contribution in [1.82, 2.24) is 14.8 Å². The lowest BCUT2D eigenvalue weighted by Crippen LogP contribution is -2.15. The molecule has 0 bridgehead atoms. The molecule has 16 heavy (non-hydrogen) atoms. The highest BCUT2D eigenvalue weighted by Gasteiger charge is 2.11. The lowest BCUT2D eigenvalue weighted by atomic mass is 10.0. The van der Waals surface area contributed by atoms with Crippen LogP contribution in [0, 0.1) is 6.92 Å². The lowest BCUT2D eigenvalue weighted by molar-refractivity contribution is 0.669. The SMILES string of the molecule is Cc1ncccc1C(N)Cc1ccn(C)n1. The second-order valence-electron chi connectivity index (χ2n) is 3.97. The number of nitrogens with two attached hydrogens (primary N) is 1. The largest absolute Gasteiger partial charge is 0.324 e. The molecule has 0 aliphatic rings. The Kier molecular flexibility index (Phi) is 3.01. The van der Waals surface area contributed by atoms with Gasteiger partial charge in [-0.3, -0.25) is 9.67 Å². The molecule has 0 saturated carbocycles. The molecule has 0 spiro atoms. The van der Waals surface area contributed by atoms with Gasteiger partial charge in [0.15, 0.2) is 0 Å². The number of pyridine rings is 1. The maximum Gasteiger partial charge on any atom is 0.0643 e. The molecule has 2 heterocycles. The zero-order valence-electron chi connectivity index (χ0n) is 9.59. The van der Waals surface area contributed by atoms with E-state index in [9.17, 15) is 0 Å². The summed E-state index contributed by atoms with van der Waals surface area (Å²) in [5.41, 5.74) is 9.24. The number of hydrogen-bond donors (Lipinski definition) is 1. The van der Waals surface area contributed by atoms with Gasteiger partial charge in [0.25, 0.3) is 0 Å². The molecule has 2 N–H and O–H groups in total. The summed E-state index contributed by atoms with van der Waals surface area (Å²) >= 11 is 0. The van der Waals surface area contributed by atoms with Crippen LogP contribution in [0.15, 0.2) is 30.6 Å². The Bertz CT molecular complexity index is 475. The van der Waals surface area contributed by atoms with Gasteiger partial charge in [-0.2, -0.15) is 5.10 Å². The van der Waals surface area contributed by atoms with E-state index in [4.69, 9.17) is 5.73 Å². The Morgan fingerprint density at radius 3 is 2.88 bits per heavy atom. The van der Waals surface area contributed by atoms with Crippen molar-refractivity contribution in [3.63, 3.8) is 0 Å². The molecule has 0 aromatic carbocycles. The Balaban J connectivity index is 2.14. The number of aromatic nitrogens is 3. The van der Waals surface area contributed by atoms with E-state index < -0.39 is 0 Å². The molecule has 84 valence electrons. The van der Waals surface area contributed by atoms with Crippen molar-refractivity contribution in [2.45, 2.75) is 19.4 Å². The van der Waals surface area contributed by atoms with Gasteiger partial charge in [-0.1, -0.05) is 6.07 Å². The van der Waals surface area contributed by atoms with Gasteiger partial charge in [-0.15, -0.1) is 0 Å². The van der Waals surface area contributed by atoms with Gasteiger partial charge in [-0.05, 0) is 24.6 Å². The summed E-state index contributed by atoms with van der Waals surface area (Å²) in [5, 5.41) is 4.32. The van der Waals surface area contributed by atoms with Crippen molar-refractivity contribution in [3.05, 3.63) is 47.5 Å². The minimum Gasteiger partial charge on any atom is -0.324 e. The molecule has 0 radical (unpaired) electrons. The van der Waals surface area contributed by atoms with Gasteiger partial charge in [0.05, 0.1) is 5.69 Å². The number of rotatable bonds is 3. The second kappa shape index (κ2) is 4.45. The van der Waals surface area contributed by atoms with E-state index in [1.807, 2.05) is 38.4 Å². The quantitative estimate of drug-likeness (QED) is 0.843. The summed E-state index contributed by atoms with van der Waals surface area (Å²) in [4.78, 5) is 4.24. The average Bonchev–Trinajstić information content (AvgIpc) is 2.64. The summed E-state index contributed by atoms with van der Waals surface area (Å²) < 4.78 is 1.79. The fourth-order valence-electron chi connectivity index (χ4n) is 1.80. The van der Waals surface area contributed by atoms with Crippen molar-refractivity contribution in [3.8, 4) is 0 Å². The van der Waals surface area contributed by atoms with Gasteiger partial charge < -0.3 is 5.73 Å². The Hall–Kier alpha value is -1.68. The predicted molar refractivity (Wildman–Crippen MR) is 62.8 cm³/mol. The number of hydrogen-bond acceptors (Lipinski definition) is 3. The topological polar surface area (TPSA) is 56.7 Å². The summed E-state index contributed by atoms with van der Waals surface area (Å²) in [6, 6.07) is 5.89. The molecule has 4 heteroatoms. The molecular weight excluding hydrogens is 200 g/mol. The Morgan fingerprint density at radius 1 is 1.44 bits per heavy atom. The minimum absolute atomic E-state index is 0.0383. The zero-order chi connectivity index (χ0) is 11.5. The monoisotopic (exact) mass is 216 g/mol. The Morgan fingerprint density at radius 2 is 2.25 bits per heavy atom. The maximum atomic E-state index is 6.15. The molecule has 0 fully saturated rings. The molecule has 0 saturated heterocycles. The molecular formula is C12H16N4. The van der Waals surface area contributed by atoms with Crippen molar-refractivity contribution in [1.29, 1.82) is 0 Å². The van der Waals surface area contributed by atoms with E-state index in [2.05, 4.69) is 10.1 Å². The first-order valence-electron chi connectivity index (χ1n) is 5.32. The highest BCUT2D eigenvalue weighted by molar-refractivity contribution is 5.23. The smallest absolute Gasteiger partial charge is 0.0643 e. The highest BCUT2D eigenvalue weighted by atomic mass is 15.2. The zero-order valence-corrected chi connectivity index (χ0v) is 9.59. The molecule has 1 unspecified atom stereocenters. The second-order valence-corrected chi connectivity index (χ2v) is 3.97. The summed E-state index contributed by atoms with van der Waals surface area (Å²) in [6.07, 6.45) is 4.46. The fraction of sp³-hybridized carbons (Fsp3) is 0.333. The van der Waals surface area contributed by atoms with Crippen LogP contribution in [0.4, 0.5) is 0 Å². The molecule has 2 aromatic heterocycles. The van der Waals surface area contributed by atoms with Gasteiger partial charge in [0.2, 0.25) is 0 Å². The van der Waals surface area contributed by atoms with Crippen LogP contribution in [-0.2, 0) is 13.5 Å². The van der Waals surface area contributed by atoms with Gasteiger partial charge in [-0.25, -0.2) is 0 Å². The number of nitrogens with zero attached hydrogens (tertiary/aromatic N) is 3. The molecule has 1 atom stereocenters. The van der Waals surface area contributed by atoms with Crippen LogP contribution in [0.25, 0.3) is 0 Å². The van der Waals surface area contributed by atoms with Crippen molar-refractivity contribution >= 4 is 0 Å². The summed E-state index contributed by atoms with van der Waals surface area (Å²) in [6.45, 7) is 1.98. The van der Waals surface area contributed by atoms with Crippen LogP contribution in [0.1, 0.15) is 23.0 Å². The van der Waals surface area contributed by atoms with Crippen molar-refractivity contribution in [2.75, 3.05) is 0 Å². The van der Waals surface area contributed by atoms with E-state index in [1.54, 1.807) is 10.9 Å². The summed E-state index contributed by atoms with van der Waals surface area (Å²) in [7, 11) is 1.91. The highest BCUT2D eigenvalue weighted by Crippen LogP contribution is 2.16. The molecule has 4 nitrogen and oxygen atoms in total. The lowest BCUT2D eigenvalue weighted by Gasteiger charge is -2.12. The first-order valence-corrected chi connectivity index (χ1v) is 5.32. The molecule has 2 aromatic rings. The Labute approximate surface area is 95.1 Å². The molecule has 2 rings (SSSR count). The van der Waals surface area contributed by atoms with Crippen LogP contribution in [0.2, 0.25) is 0 Å². The van der Waals surface area contributed by atoms with E-state index in [0.29, 0.717) is 0 Å². The average molecular weight is 216 g/mol. The summed E-state index contributed by atoms with van der Waals surface area (Å²) in [5.74, 6) is 0. The van der Waals surface area contributed by atoms with Crippen LogP contribution < -0.4 is 5.73 Å². The van der Waals surface area contributed by atoms with Crippen LogP contribution in [0.3, 0.4) is 0 Å².